The van der Waals surface area contributed by atoms with Gasteiger partial charge in [0.05, 0.1) is 6.20 Å². The Bertz CT molecular complexity index is 855. The third kappa shape index (κ3) is 3.86. The Balaban J connectivity index is 1.48. The fourth-order valence-corrected chi connectivity index (χ4v) is 2.49. The summed E-state index contributed by atoms with van der Waals surface area (Å²) in [6.45, 7) is 1.95. The van der Waals surface area contributed by atoms with Gasteiger partial charge in [0.1, 0.15) is 24.0 Å². The molecule has 0 fully saturated rings. The topological polar surface area (TPSA) is 75.2 Å². The van der Waals surface area contributed by atoms with Crippen molar-refractivity contribution >= 4 is 21.6 Å². The molecule has 0 spiro atoms. The lowest BCUT2D eigenvalue weighted by Gasteiger charge is -2.08. The van der Waals surface area contributed by atoms with E-state index in [4.69, 9.17) is 10.00 Å². The number of halogens is 1. The van der Waals surface area contributed by atoms with E-state index < -0.39 is 0 Å². The van der Waals surface area contributed by atoms with E-state index in [1.807, 2.05) is 30.5 Å². The zero-order chi connectivity index (χ0) is 16.1. The molecule has 3 rings (SSSR count). The van der Waals surface area contributed by atoms with Gasteiger partial charge in [-0.2, -0.15) is 10.4 Å². The van der Waals surface area contributed by atoms with Crippen molar-refractivity contribution in [2.24, 2.45) is 0 Å². The van der Waals surface area contributed by atoms with Gasteiger partial charge in [0.15, 0.2) is 5.65 Å². The third-order valence-electron chi connectivity index (χ3n) is 3.20. The van der Waals surface area contributed by atoms with Gasteiger partial charge in [-0.05, 0) is 18.2 Å². The highest BCUT2D eigenvalue weighted by molar-refractivity contribution is 9.10. The predicted molar refractivity (Wildman–Crippen MR) is 89.0 cm³/mol. The molecular formula is C16H14BrN5O. The van der Waals surface area contributed by atoms with Crippen LogP contribution < -0.4 is 10.1 Å². The molecule has 0 unspecified atom stereocenters. The summed E-state index contributed by atoms with van der Waals surface area (Å²) in [5.74, 6) is 0.838. The fourth-order valence-electron chi connectivity index (χ4n) is 2.11. The van der Waals surface area contributed by atoms with Crippen molar-refractivity contribution in [1.82, 2.24) is 19.9 Å². The number of nitrogens with zero attached hydrogens (tertiary/aromatic N) is 4. The Morgan fingerprint density at radius 2 is 2.26 bits per heavy atom. The molecule has 7 heteroatoms. The second-order valence-corrected chi connectivity index (χ2v) is 5.80. The predicted octanol–water partition coefficient (Wildman–Crippen LogP) is 2.53. The first-order valence-corrected chi connectivity index (χ1v) is 7.87. The number of fused-ring (bicyclic) bond motifs is 1. The van der Waals surface area contributed by atoms with Gasteiger partial charge in [-0.15, -0.1) is 0 Å². The van der Waals surface area contributed by atoms with E-state index in [1.54, 1.807) is 10.7 Å². The van der Waals surface area contributed by atoms with E-state index in [0.29, 0.717) is 30.9 Å². The number of nitrogens with one attached hydrogen (secondary N) is 1. The van der Waals surface area contributed by atoms with Crippen LogP contribution in [0, 0.1) is 11.3 Å². The number of hydrogen-bond acceptors (Lipinski definition) is 5. The van der Waals surface area contributed by atoms with E-state index >= 15 is 0 Å². The van der Waals surface area contributed by atoms with Gasteiger partial charge in [-0.3, -0.25) is 0 Å². The maximum atomic E-state index is 8.93. The van der Waals surface area contributed by atoms with Crippen molar-refractivity contribution in [3.63, 3.8) is 0 Å². The normalized spacial score (nSPS) is 10.6. The monoisotopic (exact) mass is 371 g/mol. The van der Waals surface area contributed by atoms with Crippen LogP contribution in [-0.2, 0) is 6.54 Å². The standard InChI is InChI=1S/C16H14BrN5O/c17-14-2-1-3-15(6-14)23-5-4-19-8-12-9-20-16-13(7-18)10-21-22(16)11-12/h1-3,6,9-11,19H,4-5,8H2. The molecule has 0 radical (unpaired) electrons. The quantitative estimate of drug-likeness (QED) is 0.673. The van der Waals surface area contributed by atoms with Crippen LogP contribution in [0.5, 0.6) is 5.75 Å². The van der Waals surface area contributed by atoms with Gasteiger partial charge in [0.25, 0.3) is 0 Å². The van der Waals surface area contributed by atoms with Crippen molar-refractivity contribution in [3.8, 4) is 11.8 Å². The lowest BCUT2D eigenvalue weighted by molar-refractivity contribution is 0.313. The van der Waals surface area contributed by atoms with Crippen molar-refractivity contribution in [2.75, 3.05) is 13.2 Å². The first-order chi connectivity index (χ1) is 11.3. The van der Waals surface area contributed by atoms with Gasteiger partial charge in [0, 0.05) is 35.5 Å². The van der Waals surface area contributed by atoms with Crippen molar-refractivity contribution in [1.29, 1.82) is 5.26 Å². The first-order valence-electron chi connectivity index (χ1n) is 7.08. The Morgan fingerprint density at radius 1 is 1.35 bits per heavy atom. The number of hydrogen-bond donors (Lipinski definition) is 1. The molecule has 3 aromatic rings. The van der Waals surface area contributed by atoms with Gasteiger partial charge < -0.3 is 10.1 Å². The Hall–Kier alpha value is -2.43. The molecule has 1 N–H and O–H groups in total. The van der Waals surface area contributed by atoms with Crippen molar-refractivity contribution in [2.45, 2.75) is 6.54 Å². The van der Waals surface area contributed by atoms with Gasteiger partial charge in [-0.25, -0.2) is 9.50 Å². The second kappa shape index (κ2) is 7.22. The number of ether oxygens (including phenoxy) is 1. The SMILES string of the molecule is N#Cc1cnn2cc(CNCCOc3cccc(Br)c3)cnc12. The van der Waals surface area contributed by atoms with Crippen LogP contribution in [0.2, 0.25) is 0 Å². The van der Waals surface area contributed by atoms with E-state index in [9.17, 15) is 0 Å². The maximum Gasteiger partial charge on any atom is 0.172 e. The fraction of sp³-hybridized carbons (Fsp3) is 0.188. The number of aromatic nitrogens is 3. The highest BCUT2D eigenvalue weighted by Crippen LogP contribution is 2.17. The molecule has 0 atom stereocenters. The van der Waals surface area contributed by atoms with Gasteiger partial charge in [-0.1, -0.05) is 22.0 Å². The highest BCUT2D eigenvalue weighted by atomic mass is 79.9. The van der Waals surface area contributed by atoms with E-state index in [0.717, 1.165) is 15.8 Å². The lowest BCUT2D eigenvalue weighted by Crippen LogP contribution is -2.21. The summed E-state index contributed by atoms with van der Waals surface area (Å²) in [6, 6.07) is 9.82. The van der Waals surface area contributed by atoms with E-state index in [2.05, 4.69) is 37.4 Å². The summed E-state index contributed by atoms with van der Waals surface area (Å²) in [7, 11) is 0. The van der Waals surface area contributed by atoms with Crippen LogP contribution in [0.3, 0.4) is 0 Å². The largest absolute Gasteiger partial charge is 0.492 e. The minimum absolute atomic E-state index is 0.479. The zero-order valence-electron chi connectivity index (χ0n) is 12.2. The summed E-state index contributed by atoms with van der Waals surface area (Å²) in [5.41, 5.74) is 2.05. The molecule has 0 aliphatic carbocycles. The molecule has 0 aliphatic heterocycles. The molecule has 1 aromatic carbocycles. The second-order valence-electron chi connectivity index (χ2n) is 4.88. The van der Waals surface area contributed by atoms with Crippen LogP contribution in [0.25, 0.3) is 5.65 Å². The Kier molecular flexibility index (Phi) is 4.86. The number of rotatable bonds is 6. The van der Waals surface area contributed by atoms with Crippen molar-refractivity contribution in [3.05, 3.63) is 58.5 Å². The molecule has 0 aliphatic rings. The first kappa shape index (κ1) is 15.5. The van der Waals surface area contributed by atoms with Gasteiger partial charge >= 0.3 is 0 Å². The number of benzene rings is 1. The minimum atomic E-state index is 0.479. The summed E-state index contributed by atoms with van der Waals surface area (Å²) in [4.78, 5) is 4.27. The van der Waals surface area contributed by atoms with Crippen LogP contribution in [0.15, 0.2) is 47.3 Å². The molecule has 0 saturated heterocycles. The van der Waals surface area contributed by atoms with Gasteiger partial charge in [0.2, 0.25) is 0 Å². The minimum Gasteiger partial charge on any atom is -0.492 e. The van der Waals surface area contributed by atoms with Crippen LogP contribution in [0.4, 0.5) is 0 Å². The van der Waals surface area contributed by atoms with Crippen LogP contribution >= 0.6 is 15.9 Å². The third-order valence-corrected chi connectivity index (χ3v) is 3.70. The molecular weight excluding hydrogens is 358 g/mol. The van der Waals surface area contributed by atoms with Crippen LogP contribution in [-0.4, -0.2) is 27.7 Å². The number of nitriles is 1. The van der Waals surface area contributed by atoms with Crippen LogP contribution in [0.1, 0.15) is 11.1 Å². The molecule has 0 saturated carbocycles. The molecule has 0 amide bonds. The molecule has 2 heterocycles. The smallest absolute Gasteiger partial charge is 0.172 e. The lowest BCUT2D eigenvalue weighted by atomic mass is 10.3. The summed E-state index contributed by atoms with van der Waals surface area (Å²) >= 11 is 3.41. The maximum absolute atomic E-state index is 8.93. The van der Waals surface area contributed by atoms with Crippen molar-refractivity contribution < 1.29 is 4.74 Å². The average Bonchev–Trinajstić information content (AvgIpc) is 2.97. The molecule has 116 valence electrons. The average molecular weight is 372 g/mol. The molecule has 23 heavy (non-hydrogen) atoms. The van der Waals surface area contributed by atoms with E-state index in [1.165, 1.54) is 6.20 Å². The summed E-state index contributed by atoms with van der Waals surface area (Å²) in [5, 5.41) is 16.3. The zero-order valence-corrected chi connectivity index (χ0v) is 13.8. The molecule has 0 bridgehead atoms. The Morgan fingerprint density at radius 3 is 3.09 bits per heavy atom. The highest BCUT2D eigenvalue weighted by Gasteiger charge is 2.05. The van der Waals surface area contributed by atoms with E-state index in [-0.39, 0.29) is 0 Å². The molecule has 2 aromatic heterocycles. The Labute approximate surface area is 141 Å². The summed E-state index contributed by atoms with van der Waals surface area (Å²) in [6.07, 6.45) is 5.14. The molecule has 6 nitrogen and oxygen atoms in total. The summed E-state index contributed by atoms with van der Waals surface area (Å²) < 4.78 is 8.27.